The zero-order valence-electron chi connectivity index (χ0n) is 9.89. The van der Waals surface area contributed by atoms with E-state index in [9.17, 15) is 4.79 Å². The Morgan fingerprint density at radius 1 is 1.44 bits per heavy atom. The first kappa shape index (κ1) is 12.3. The molecule has 5 nitrogen and oxygen atoms in total. The van der Waals surface area contributed by atoms with Gasteiger partial charge in [0.15, 0.2) is 0 Å². The molecule has 5 heteroatoms. The van der Waals surface area contributed by atoms with Gasteiger partial charge in [-0.3, -0.25) is 9.78 Å². The number of aromatic nitrogens is 2. The minimum atomic E-state index is -0.147. The molecule has 0 saturated carbocycles. The minimum absolute atomic E-state index is 0.0283. The number of rotatable bonds is 5. The van der Waals surface area contributed by atoms with Gasteiger partial charge in [-0.05, 0) is 24.3 Å². The van der Waals surface area contributed by atoms with Crippen molar-refractivity contribution in [3.05, 3.63) is 53.6 Å². The van der Waals surface area contributed by atoms with Crippen LogP contribution in [0.25, 0.3) is 0 Å². The lowest BCUT2D eigenvalue weighted by molar-refractivity contribution is 0.0950. The average Bonchev–Trinajstić information content (AvgIpc) is 2.90. The first-order chi connectivity index (χ1) is 8.79. The van der Waals surface area contributed by atoms with E-state index in [4.69, 9.17) is 5.11 Å². The maximum absolute atomic E-state index is 11.9. The van der Waals surface area contributed by atoms with Crippen LogP contribution in [-0.4, -0.2) is 27.6 Å². The molecule has 1 amide bonds. The van der Waals surface area contributed by atoms with Crippen molar-refractivity contribution < 1.29 is 9.90 Å². The van der Waals surface area contributed by atoms with Gasteiger partial charge in [0, 0.05) is 42.4 Å². The second-order valence-electron chi connectivity index (χ2n) is 3.89. The zero-order valence-corrected chi connectivity index (χ0v) is 9.89. The van der Waals surface area contributed by atoms with Crippen LogP contribution in [0.5, 0.6) is 0 Å². The lowest BCUT2D eigenvalue weighted by Gasteiger charge is -2.05. The van der Waals surface area contributed by atoms with Crippen LogP contribution in [-0.2, 0) is 13.0 Å². The second-order valence-corrected chi connectivity index (χ2v) is 3.89. The summed E-state index contributed by atoms with van der Waals surface area (Å²) >= 11 is 0. The molecule has 0 aliphatic heterocycles. The van der Waals surface area contributed by atoms with Crippen molar-refractivity contribution in [2.45, 2.75) is 13.0 Å². The molecular formula is C13H15N3O2. The van der Waals surface area contributed by atoms with Crippen molar-refractivity contribution in [1.29, 1.82) is 0 Å². The van der Waals surface area contributed by atoms with Crippen LogP contribution in [0.15, 0.2) is 36.7 Å². The highest BCUT2D eigenvalue weighted by Crippen LogP contribution is 2.03. The number of hydrogen-bond acceptors (Lipinski definition) is 3. The second kappa shape index (κ2) is 5.97. The molecule has 2 rings (SSSR count). The normalized spacial score (nSPS) is 10.3. The van der Waals surface area contributed by atoms with E-state index >= 15 is 0 Å². The standard InChI is InChI=1S/C13H15N3O2/c17-7-4-11-8-10(3-6-15-11)13(18)16-9-12-2-1-5-14-12/h1-3,5-6,8,14,17H,4,7,9H2,(H,16,18). The number of aromatic amines is 1. The number of nitrogens with zero attached hydrogens (tertiary/aromatic N) is 1. The molecule has 2 aromatic rings. The van der Waals surface area contributed by atoms with Gasteiger partial charge in [-0.2, -0.15) is 0 Å². The topological polar surface area (TPSA) is 78.0 Å². The number of aliphatic hydroxyl groups is 1. The van der Waals surface area contributed by atoms with Crippen molar-refractivity contribution in [2.24, 2.45) is 0 Å². The third-order valence-corrected chi connectivity index (χ3v) is 2.55. The molecule has 18 heavy (non-hydrogen) atoms. The van der Waals surface area contributed by atoms with Crippen molar-refractivity contribution >= 4 is 5.91 Å². The molecule has 94 valence electrons. The van der Waals surface area contributed by atoms with Crippen LogP contribution in [0.3, 0.4) is 0 Å². The number of aliphatic hydroxyl groups excluding tert-OH is 1. The van der Waals surface area contributed by atoms with Gasteiger partial charge in [-0.25, -0.2) is 0 Å². The average molecular weight is 245 g/mol. The molecular weight excluding hydrogens is 230 g/mol. The summed E-state index contributed by atoms with van der Waals surface area (Å²) < 4.78 is 0. The van der Waals surface area contributed by atoms with Crippen LogP contribution in [0, 0.1) is 0 Å². The van der Waals surface area contributed by atoms with E-state index < -0.39 is 0 Å². The molecule has 0 bridgehead atoms. The maximum Gasteiger partial charge on any atom is 0.251 e. The maximum atomic E-state index is 11.9. The summed E-state index contributed by atoms with van der Waals surface area (Å²) in [6.45, 7) is 0.490. The third-order valence-electron chi connectivity index (χ3n) is 2.55. The lowest BCUT2D eigenvalue weighted by atomic mass is 10.2. The third kappa shape index (κ3) is 3.18. The first-order valence-corrected chi connectivity index (χ1v) is 5.76. The van der Waals surface area contributed by atoms with E-state index in [1.807, 2.05) is 18.3 Å². The van der Waals surface area contributed by atoms with Gasteiger partial charge >= 0.3 is 0 Å². The fourth-order valence-electron chi connectivity index (χ4n) is 1.63. The van der Waals surface area contributed by atoms with Gasteiger partial charge in [0.25, 0.3) is 5.91 Å². The van der Waals surface area contributed by atoms with Crippen LogP contribution < -0.4 is 5.32 Å². The molecule has 2 aromatic heterocycles. The van der Waals surface area contributed by atoms with E-state index in [1.54, 1.807) is 18.3 Å². The molecule has 0 aromatic carbocycles. The number of amides is 1. The summed E-state index contributed by atoms with van der Waals surface area (Å²) in [6, 6.07) is 7.14. The first-order valence-electron chi connectivity index (χ1n) is 5.76. The highest BCUT2D eigenvalue weighted by molar-refractivity contribution is 5.94. The Morgan fingerprint density at radius 2 is 2.33 bits per heavy atom. The summed E-state index contributed by atoms with van der Waals surface area (Å²) in [7, 11) is 0. The van der Waals surface area contributed by atoms with E-state index in [0.717, 1.165) is 5.69 Å². The Bertz CT molecular complexity index is 509. The predicted molar refractivity (Wildman–Crippen MR) is 67.0 cm³/mol. The molecule has 0 aliphatic carbocycles. The van der Waals surface area contributed by atoms with E-state index in [1.165, 1.54) is 0 Å². The number of carbonyl (C=O) groups is 1. The number of hydrogen-bond donors (Lipinski definition) is 3. The fraction of sp³-hybridized carbons (Fsp3) is 0.231. The van der Waals surface area contributed by atoms with Gasteiger partial charge in [-0.1, -0.05) is 0 Å². The molecule has 0 saturated heterocycles. The summed E-state index contributed by atoms with van der Waals surface area (Å²) in [4.78, 5) is 19.0. The summed E-state index contributed by atoms with van der Waals surface area (Å²) in [5.74, 6) is -0.147. The van der Waals surface area contributed by atoms with Crippen LogP contribution in [0.1, 0.15) is 21.7 Å². The SMILES string of the molecule is O=C(NCc1ccc[nH]1)c1ccnc(CCO)c1. The van der Waals surface area contributed by atoms with E-state index in [0.29, 0.717) is 24.2 Å². The highest BCUT2D eigenvalue weighted by Gasteiger charge is 2.06. The van der Waals surface area contributed by atoms with Crippen LogP contribution in [0.2, 0.25) is 0 Å². The van der Waals surface area contributed by atoms with Gasteiger partial charge in [0.05, 0.1) is 6.54 Å². The smallest absolute Gasteiger partial charge is 0.251 e. The predicted octanol–water partition coefficient (Wildman–Crippen LogP) is 0.875. The quantitative estimate of drug-likeness (QED) is 0.731. The molecule has 0 aliphatic rings. The molecule has 0 fully saturated rings. The van der Waals surface area contributed by atoms with E-state index in [2.05, 4.69) is 15.3 Å². The van der Waals surface area contributed by atoms with Crippen molar-refractivity contribution in [1.82, 2.24) is 15.3 Å². The van der Waals surface area contributed by atoms with E-state index in [-0.39, 0.29) is 12.5 Å². The largest absolute Gasteiger partial charge is 0.396 e. The Labute approximate surface area is 105 Å². The van der Waals surface area contributed by atoms with Gasteiger partial charge in [0.1, 0.15) is 0 Å². The zero-order chi connectivity index (χ0) is 12.8. The molecule has 2 heterocycles. The molecule has 0 unspecified atom stereocenters. The van der Waals surface area contributed by atoms with Crippen molar-refractivity contribution in [2.75, 3.05) is 6.61 Å². The van der Waals surface area contributed by atoms with Gasteiger partial charge in [-0.15, -0.1) is 0 Å². The minimum Gasteiger partial charge on any atom is -0.396 e. The molecule has 0 atom stereocenters. The Balaban J connectivity index is 1.97. The Morgan fingerprint density at radius 3 is 3.06 bits per heavy atom. The number of nitrogens with one attached hydrogen (secondary N) is 2. The number of carbonyl (C=O) groups excluding carboxylic acids is 1. The van der Waals surface area contributed by atoms with Crippen LogP contribution >= 0.6 is 0 Å². The molecule has 0 radical (unpaired) electrons. The molecule has 0 spiro atoms. The summed E-state index contributed by atoms with van der Waals surface area (Å²) in [5, 5.41) is 11.6. The van der Waals surface area contributed by atoms with Gasteiger partial charge < -0.3 is 15.4 Å². The summed E-state index contributed by atoms with van der Waals surface area (Å²) in [6.07, 6.45) is 3.85. The summed E-state index contributed by atoms with van der Waals surface area (Å²) in [5.41, 5.74) is 2.22. The number of pyridine rings is 1. The Kier molecular flexibility index (Phi) is 4.09. The van der Waals surface area contributed by atoms with Crippen molar-refractivity contribution in [3.8, 4) is 0 Å². The number of H-pyrrole nitrogens is 1. The fourth-order valence-corrected chi connectivity index (χ4v) is 1.63. The lowest BCUT2D eigenvalue weighted by Crippen LogP contribution is -2.23. The Hall–Kier alpha value is -2.14. The van der Waals surface area contributed by atoms with Crippen molar-refractivity contribution in [3.63, 3.8) is 0 Å². The highest BCUT2D eigenvalue weighted by atomic mass is 16.3. The van der Waals surface area contributed by atoms with Crippen LogP contribution in [0.4, 0.5) is 0 Å². The molecule has 3 N–H and O–H groups in total. The monoisotopic (exact) mass is 245 g/mol. The van der Waals surface area contributed by atoms with Gasteiger partial charge in [0.2, 0.25) is 0 Å².